The molecule has 1 rings (SSSR count). The van der Waals surface area contributed by atoms with Gasteiger partial charge in [-0.3, -0.25) is 15.4 Å². The number of nitrogens with one attached hydrogen (secondary N) is 1. The maximum absolute atomic E-state index is 4.96. The van der Waals surface area contributed by atoms with Crippen LogP contribution in [0.5, 0.6) is 0 Å². The van der Waals surface area contributed by atoms with Crippen molar-refractivity contribution >= 4 is 43.7 Å². The number of hydrogen-bond acceptors (Lipinski definition) is 4. The van der Waals surface area contributed by atoms with Crippen LogP contribution in [0.4, 0.5) is 0 Å². The van der Waals surface area contributed by atoms with Crippen LogP contribution in [0.1, 0.15) is 5.69 Å². The average Bonchev–Trinajstić information content (AvgIpc) is 2.31. The van der Waals surface area contributed by atoms with Crippen molar-refractivity contribution in [3.8, 4) is 0 Å². The van der Waals surface area contributed by atoms with E-state index in [-0.39, 0.29) is 0 Å². The van der Waals surface area contributed by atoms with Crippen LogP contribution >= 0.6 is 32.4 Å². The fourth-order valence-electron chi connectivity index (χ4n) is 0.631. The Kier molecular flexibility index (Phi) is 10.4. The van der Waals surface area contributed by atoms with E-state index in [9.17, 15) is 0 Å². The van der Waals surface area contributed by atoms with Crippen molar-refractivity contribution in [2.75, 3.05) is 14.1 Å². The average molecular weight is 344 g/mol. The second-order valence-corrected chi connectivity index (χ2v) is 4.68. The van der Waals surface area contributed by atoms with Crippen molar-refractivity contribution in [1.82, 2.24) is 20.3 Å². The van der Waals surface area contributed by atoms with Crippen molar-refractivity contribution in [1.29, 1.82) is 0 Å². The Bertz CT molecular complexity index is 349. The summed E-state index contributed by atoms with van der Waals surface area (Å²) in [5.41, 5.74) is 3.37. The van der Waals surface area contributed by atoms with Crippen LogP contribution in [0.2, 0.25) is 0 Å². The van der Waals surface area contributed by atoms with Gasteiger partial charge >= 0.3 is 33.3 Å². The van der Waals surface area contributed by atoms with E-state index in [1.165, 1.54) is 0 Å². The first-order valence-corrected chi connectivity index (χ1v) is 7.19. The molecule has 99 valence electrons. The first-order chi connectivity index (χ1) is 8.11. The molecule has 0 aromatic carbocycles. The van der Waals surface area contributed by atoms with Gasteiger partial charge in [0.05, 0.1) is 12.4 Å². The van der Waals surface area contributed by atoms with Crippen molar-refractivity contribution < 1.29 is 13.1 Å². The normalized spacial score (nSPS) is 9.65. The molecule has 0 saturated heterocycles. The fourth-order valence-corrected chi connectivity index (χ4v) is 0.684. The minimum absolute atomic E-state index is 0.546. The summed E-state index contributed by atoms with van der Waals surface area (Å²) in [6.07, 6.45) is 6.38. The number of hydrogen-bond donors (Lipinski definition) is 1. The number of nitrogens with zero attached hydrogens (tertiary/aromatic N) is 4. The van der Waals surface area contributed by atoms with Gasteiger partial charge in [-0.25, -0.2) is 0 Å². The van der Waals surface area contributed by atoms with Gasteiger partial charge in [0.15, 0.2) is 5.11 Å². The summed E-state index contributed by atoms with van der Waals surface area (Å²) in [6, 6.07) is 0. The van der Waals surface area contributed by atoms with Crippen molar-refractivity contribution in [2.24, 2.45) is 5.10 Å². The molecular formula is C8H11Cl2CuN5S. The second kappa shape index (κ2) is 10.7. The van der Waals surface area contributed by atoms with Gasteiger partial charge in [0.2, 0.25) is 0 Å². The van der Waals surface area contributed by atoms with E-state index in [1.807, 2.05) is 14.1 Å². The molecular weight excluding hydrogens is 333 g/mol. The van der Waals surface area contributed by atoms with E-state index in [4.69, 9.17) is 12.2 Å². The van der Waals surface area contributed by atoms with Gasteiger partial charge in [-0.05, 0) is 12.2 Å². The zero-order valence-corrected chi connectivity index (χ0v) is 12.3. The molecule has 1 aromatic rings. The molecule has 0 aliphatic rings. The molecule has 0 atom stereocenters. The van der Waals surface area contributed by atoms with Crippen LogP contribution in [-0.4, -0.2) is 40.3 Å². The Morgan fingerprint density at radius 1 is 1.53 bits per heavy atom. The first kappa shape index (κ1) is 16.5. The molecule has 0 spiro atoms. The summed E-state index contributed by atoms with van der Waals surface area (Å²) in [7, 11) is 13.0. The Labute approximate surface area is 120 Å². The fraction of sp³-hybridized carbons (Fsp3) is 0.250. The van der Waals surface area contributed by atoms with E-state index in [2.05, 4.69) is 40.7 Å². The third kappa shape index (κ3) is 9.26. The number of aromatic nitrogens is 2. The SMILES string of the molecule is CN(C)C(=S)NN=Cc1cnccn1.[Cl][Cu][Cl]. The molecule has 0 aliphatic heterocycles. The standard InChI is InChI=1S/C8H11N5S.2ClH.Cu/c1-13(2)8(14)12-11-6-7-5-9-3-4-10-7;;;/h3-6H,1-2H3,(H,12,14);2*1H;/q;;;+2/p-2. The van der Waals surface area contributed by atoms with Gasteiger partial charge in [-0.1, -0.05) is 0 Å². The van der Waals surface area contributed by atoms with Gasteiger partial charge in [0.25, 0.3) is 0 Å². The van der Waals surface area contributed by atoms with Crippen LogP contribution in [0.3, 0.4) is 0 Å². The van der Waals surface area contributed by atoms with Crippen molar-refractivity contribution in [2.45, 2.75) is 0 Å². The molecule has 1 heterocycles. The molecule has 1 N–H and O–H groups in total. The summed E-state index contributed by atoms with van der Waals surface area (Å²) in [5.74, 6) is 0. The second-order valence-electron chi connectivity index (χ2n) is 2.74. The van der Waals surface area contributed by atoms with Gasteiger partial charge in [-0.15, -0.1) is 0 Å². The summed E-state index contributed by atoms with van der Waals surface area (Å²) < 4.78 is 0. The number of thiocarbonyl (C=S) groups is 1. The van der Waals surface area contributed by atoms with Gasteiger partial charge < -0.3 is 4.90 Å². The maximum atomic E-state index is 4.96. The molecule has 0 aliphatic carbocycles. The third-order valence-corrected chi connectivity index (χ3v) is 1.80. The predicted molar refractivity (Wildman–Crippen MR) is 70.8 cm³/mol. The molecule has 0 bridgehead atoms. The Hall–Kier alpha value is -0.461. The zero-order chi connectivity index (χ0) is 13.1. The molecule has 0 radical (unpaired) electrons. The molecule has 0 unspecified atom stereocenters. The van der Waals surface area contributed by atoms with Crippen LogP contribution in [-0.2, 0) is 13.1 Å². The van der Waals surface area contributed by atoms with Crippen molar-refractivity contribution in [3.05, 3.63) is 24.3 Å². The summed E-state index contributed by atoms with van der Waals surface area (Å²) in [5, 5.41) is 4.45. The monoisotopic (exact) mass is 342 g/mol. The molecule has 5 nitrogen and oxygen atoms in total. The Morgan fingerprint density at radius 3 is 2.65 bits per heavy atom. The van der Waals surface area contributed by atoms with Crippen LogP contribution in [0, 0.1) is 0 Å². The Balaban J connectivity index is 0.000000770. The molecule has 0 amide bonds. The minimum atomic E-state index is 0.546. The Morgan fingerprint density at radius 2 is 2.18 bits per heavy atom. The van der Waals surface area contributed by atoms with Gasteiger partial charge in [-0.2, -0.15) is 5.10 Å². The van der Waals surface area contributed by atoms with Gasteiger partial charge in [0.1, 0.15) is 5.69 Å². The van der Waals surface area contributed by atoms with Gasteiger partial charge in [0, 0.05) is 26.5 Å². The van der Waals surface area contributed by atoms with E-state index < -0.39 is 0 Å². The topological polar surface area (TPSA) is 53.4 Å². The van der Waals surface area contributed by atoms with Crippen LogP contribution < -0.4 is 5.43 Å². The van der Waals surface area contributed by atoms with Crippen molar-refractivity contribution in [3.63, 3.8) is 0 Å². The third-order valence-electron chi connectivity index (χ3n) is 1.35. The quantitative estimate of drug-likeness (QED) is 0.383. The summed E-state index contributed by atoms with van der Waals surface area (Å²) >= 11 is 5.72. The van der Waals surface area contributed by atoms with E-state index in [1.54, 1.807) is 29.7 Å². The number of halogens is 2. The molecule has 0 fully saturated rings. The van der Waals surface area contributed by atoms with E-state index in [0.717, 1.165) is 13.1 Å². The van der Waals surface area contributed by atoms with E-state index >= 15 is 0 Å². The first-order valence-electron chi connectivity index (χ1n) is 4.19. The molecule has 17 heavy (non-hydrogen) atoms. The van der Waals surface area contributed by atoms with E-state index in [0.29, 0.717) is 10.8 Å². The summed E-state index contributed by atoms with van der Waals surface area (Å²) in [6.45, 7) is 0. The van der Waals surface area contributed by atoms with Crippen LogP contribution in [0.15, 0.2) is 23.7 Å². The zero-order valence-electron chi connectivity index (χ0n) is 9.06. The molecule has 9 heteroatoms. The number of rotatable bonds is 2. The predicted octanol–water partition coefficient (Wildman–Crippen LogP) is 1.62. The van der Waals surface area contributed by atoms with Crippen LogP contribution in [0.25, 0.3) is 0 Å². The number of hydrazone groups is 1. The molecule has 1 aromatic heterocycles. The summed E-state index contributed by atoms with van der Waals surface area (Å²) in [4.78, 5) is 9.66. The molecule has 0 saturated carbocycles.